The van der Waals surface area contributed by atoms with E-state index in [0.717, 1.165) is 12.1 Å². The minimum atomic E-state index is -4.69. The molecule has 0 aliphatic heterocycles. The number of ether oxygens (including phenoxy) is 2. The summed E-state index contributed by atoms with van der Waals surface area (Å²) >= 11 is -3.01. The van der Waals surface area contributed by atoms with Crippen LogP contribution in [-0.4, -0.2) is 34.3 Å². The predicted molar refractivity (Wildman–Crippen MR) is 56.7 cm³/mol. The van der Waals surface area contributed by atoms with Crippen molar-refractivity contribution in [2.75, 3.05) is 13.2 Å². The third-order valence-electron chi connectivity index (χ3n) is 1.89. The Morgan fingerprint density at radius 2 is 1.52 bits per heavy atom. The summed E-state index contributed by atoms with van der Waals surface area (Å²) in [4.78, 5) is -0.737. The van der Waals surface area contributed by atoms with E-state index in [2.05, 4.69) is 9.47 Å². The van der Waals surface area contributed by atoms with Gasteiger partial charge in [0.2, 0.25) is 0 Å². The molecule has 0 saturated carbocycles. The van der Waals surface area contributed by atoms with E-state index in [4.69, 9.17) is 0 Å². The summed E-state index contributed by atoms with van der Waals surface area (Å²) in [6.07, 6.45) is -9.32. The lowest BCUT2D eigenvalue weighted by atomic mass is 10.3. The van der Waals surface area contributed by atoms with Crippen LogP contribution in [0.5, 0.6) is 11.5 Å². The van der Waals surface area contributed by atoms with E-state index in [1.165, 1.54) is 0 Å². The number of hydrogen-bond acceptors (Lipinski definition) is 4. The van der Waals surface area contributed by atoms with Gasteiger partial charge in [0.15, 0.2) is 13.2 Å². The first-order valence-electron chi connectivity index (χ1n) is 5.10. The molecule has 0 radical (unpaired) electrons. The molecule has 1 rings (SSSR count). The smallest absolute Gasteiger partial charge is 0.422 e. The van der Waals surface area contributed by atoms with Crippen molar-refractivity contribution in [2.24, 2.45) is 0 Å². The third-order valence-corrected chi connectivity index (χ3v) is 2.57. The van der Waals surface area contributed by atoms with Gasteiger partial charge in [-0.05, 0) is 29.3 Å². The average Bonchev–Trinajstić information content (AvgIpc) is 2.32. The molecular formula is C10H7F6O4S-. The molecule has 0 aromatic heterocycles. The first-order valence-corrected chi connectivity index (χ1v) is 6.18. The number of halogens is 6. The van der Waals surface area contributed by atoms with E-state index in [-0.39, 0.29) is 0 Å². The summed E-state index contributed by atoms with van der Waals surface area (Å²) < 4.78 is 102. The monoisotopic (exact) mass is 337 g/mol. The molecule has 0 aliphatic rings. The third kappa shape index (κ3) is 6.67. The van der Waals surface area contributed by atoms with E-state index in [1.807, 2.05) is 0 Å². The Balaban J connectivity index is 2.89. The Kier molecular flexibility index (Phi) is 5.45. The van der Waals surface area contributed by atoms with Gasteiger partial charge in [0, 0.05) is 0 Å². The van der Waals surface area contributed by atoms with E-state index >= 15 is 0 Å². The lowest BCUT2D eigenvalue weighted by Crippen LogP contribution is -2.20. The fourth-order valence-corrected chi connectivity index (χ4v) is 1.66. The summed E-state index contributed by atoms with van der Waals surface area (Å²) in [5, 5.41) is 0. The predicted octanol–water partition coefficient (Wildman–Crippen LogP) is 2.81. The maximum Gasteiger partial charge on any atom is 0.422 e. The Labute approximate surface area is 116 Å². The van der Waals surface area contributed by atoms with Gasteiger partial charge in [-0.15, -0.1) is 0 Å². The minimum absolute atomic E-state index is 0.467. The van der Waals surface area contributed by atoms with E-state index < -0.39 is 53.0 Å². The van der Waals surface area contributed by atoms with Gasteiger partial charge in [0.25, 0.3) is 0 Å². The van der Waals surface area contributed by atoms with Crippen molar-refractivity contribution < 1.29 is 44.6 Å². The number of alkyl halides is 6. The van der Waals surface area contributed by atoms with Crippen LogP contribution in [0.3, 0.4) is 0 Å². The van der Waals surface area contributed by atoms with Crippen molar-refractivity contribution in [1.29, 1.82) is 0 Å². The molecule has 21 heavy (non-hydrogen) atoms. The SMILES string of the molecule is O=S([O-])c1cc(OCC(F)(F)F)ccc1OCC(F)(F)F. The van der Waals surface area contributed by atoms with Crippen molar-refractivity contribution in [2.45, 2.75) is 17.2 Å². The Bertz CT molecular complexity index is 513. The molecule has 0 aliphatic carbocycles. The molecule has 4 nitrogen and oxygen atoms in total. The number of hydrogen-bond donors (Lipinski definition) is 0. The van der Waals surface area contributed by atoms with E-state index in [1.54, 1.807) is 0 Å². The Morgan fingerprint density at radius 1 is 1.00 bits per heavy atom. The standard InChI is InChI=1S/C10H8F6O4S/c11-9(12,13)4-19-6-1-2-7(8(3-6)21(17)18)20-5-10(14,15)16/h1-3H,4-5H2,(H,17,18)/p-1. The molecule has 120 valence electrons. The van der Waals surface area contributed by atoms with Crippen LogP contribution >= 0.6 is 0 Å². The first-order chi connectivity index (χ1) is 9.48. The van der Waals surface area contributed by atoms with Gasteiger partial charge in [-0.1, -0.05) is 0 Å². The van der Waals surface area contributed by atoms with Crippen molar-refractivity contribution >= 4 is 11.1 Å². The number of benzene rings is 1. The van der Waals surface area contributed by atoms with Crippen LogP contribution in [0.25, 0.3) is 0 Å². The second-order valence-corrected chi connectivity index (χ2v) is 4.56. The van der Waals surface area contributed by atoms with Crippen molar-refractivity contribution in [3.63, 3.8) is 0 Å². The molecule has 1 aromatic carbocycles. The summed E-state index contributed by atoms with van der Waals surface area (Å²) in [5.41, 5.74) is 0. The zero-order chi connectivity index (χ0) is 16.3. The van der Waals surface area contributed by atoms with Crippen LogP contribution in [0.15, 0.2) is 23.1 Å². The van der Waals surface area contributed by atoms with Gasteiger partial charge < -0.3 is 14.0 Å². The van der Waals surface area contributed by atoms with Crippen LogP contribution < -0.4 is 9.47 Å². The summed E-state index contributed by atoms with van der Waals surface area (Å²) in [7, 11) is 0. The van der Waals surface area contributed by atoms with Crippen LogP contribution in [-0.2, 0) is 11.1 Å². The fraction of sp³-hybridized carbons (Fsp3) is 0.400. The van der Waals surface area contributed by atoms with Crippen molar-refractivity contribution in [1.82, 2.24) is 0 Å². The lowest BCUT2D eigenvalue weighted by molar-refractivity contribution is -0.154. The van der Waals surface area contributed by atoms with Gasteiger partial charge in [-0.3, -0.25) is 4.21 Å². The highest BCUT2D eigenvalue weighted by Gasteiger charge is 2.30. The average molecular weight is 337 g/mol. The molecule has 1 unspecified atom stereocenters. The van der Waals surface area contributed by atoms with Crippen molar-refractivity contribution in [3.8, 4) is 11.5 Å². The fourth-order valence-electron chi connectivity index (χ4n) is 1.15. The highest BCUT2D eigenvalue weighted by Crippen LogP contribution is 2.29. The Morgan fingerprint density at radius 3 is 2.00 bits per heavy atom. The highest BCUT2D eigenvalue weighted by atomic mass is 32.2. The molecule has 1 aromatic rings. The molecule has 0 saturated heterocycles. The highest BCUT2D eigenvalue weighted by molar-refractivity contribution is 7.79. The van der Waals surface area contributed by atoms with Crippen LogP contribution in [0.4, 0.5) is 26.3 Å². The van der Waals surface area contributed by atoms with Crippen molar-refractivity contribution in [3.05, 3.63) is 18.2 Å². The second-order valence-electron chi connectivity index (χ2n) is 3.65. The van der Waals surface area contributed by atoms with Gasteiger partial charge in [-0.25, -0.2) is 0 Å². The molecule has 0 bridgehead atoms. The molecule has 0 fully saturated rings. The summed E-state index contributed by atoms with van der Waals surface area (Å²) in [5.74, 6) is -1.11. The Hall–Kier alpha value is -1.49. The van der Waals surface area contributed by atoms with Gasteiger partial charge in [-0.2, -0.15) is 26.3 Å². The zero-order valence-corrected chi connectivity index (χ0v) is 10.8. The van der Waals surface area contributed by atoms with E-state index in [0.29, 0.717) is 6.07 Å². The van der Waals surface area contributed by atoms with E-state index in [9.17, 15) is 35.1 Å². The molecule has 0 spiro atoms. The second kappa shape index (κ2) is 6.52. The lowest BCUT2D eigenvalue weighted by Gasteiger charge is -2.16. The summed E-state index contributed by atoms with van der Waals surface area (Å²) in [6.45, 7) is -3.40. The largest absolute Gasteiger partial charge is 0.768 e. The molecular weight excluding hydrogens is 330 g/mol. The molecule has 0 N–H and O–H groups in total. The maximum atomic E-state index is 12.0. The molecule has 0 amide bonds. The minimum Gasteiger partial charge on any atom is -0.768 e. The summed E-state index contributed by atoms with van der Waals surface area (Å²) in [6, 6.07) is 2.29. The zero-order valence-electron chi connectivity index (χ0n) is 9.96. The van der Waals surface area contributed by atoms with Crippen LogP contribution in [0.1, 0.15) is 0 Å². The number of rotatable bonds is 5. The van der Waals surface area contributed by atoms with Gasteiger partial charge >= 0.3 is 12.4 Å². The molecule has 11 heteroatoms. The molecule has 0 heterocycles. The normalized spacial score (nSPS) is 13.9. The molecule has 1 atom stereocenters. The van der Waals surface area contributed by atoms with Crippen LogP contribution in [0.2, 0.25) is 0 Å². The maximum absolute atomic E-state index is 12.0. The topological polar surface area (TPSA) is 58.6 Å². The quantitative estimate of drug-likeness (QED) is 0.612. The van der Waals surface area contributed by atoms with Gasteiger partial charge in [0.05, 0.1) is 4.90 Å². The van der Waals surface area contributed by atoms with Gasteiger partial charge in [0.1, 0.15) is 11.5 Å². The van der Waals surface area contributed by atoms with Crippen LogP contribution in [0, 0.1) is 0 Å². The first kappa shape index (κ1) is 17.6.